The second kappa shape index (κ2) is 2.91. The van der Waals surface area contributed by atoms with E-state index in [4.69, 9.17) is 0 Å². The Bertz CT molecular complexity index is 329. The van der Waals surface area contributed by atoms with E-state index in [-0.39, 0.29) is 5.92 Å². The van der Waals surface area contributed by atoms with Crippen LogP contribution in [-0.4, -0.2) is 16.5 Å². The summed E-state index contributed by atoms with van der Waals surface area (Å²) in [6.07, 6.45) is 2.74. The largest absolute Gasteiger partial charge is 0.303 e. The lowest BCUT2D eigenvalue weighted by atomic mass is 10.1. The summed E-state index contributed by atoms with van der Waals surface area (Å²) < 4.78 is 0. The zero-order valence-electron chi connectivity index (χ0n) is 7.87. The summed E-state index contributed by atoms with van der Waals surface area (Å²) in [5, 5.41) is 8.11. The lowest BCUT2D eigenvalue weighted by molar-refractivity contribution is -0.110. The molecule has 0 bridgehead atoms. The van der Waals surface area contributed by atoms with Crippen molar-refractivity contribution in [1.29, 1.82) is 0 Å². The molecule has 1 aromatic rings. The van der Waals surface area contributed by atoms with Gasteiger partial charge in [0.15, 0.2) is 0 Å². The minimum Gasteiger partial charge on any atom is -0.303 e. The number of aryl methyl sites for hydroxylation is 2. The second-order valence-electron chi connectivity index (χ2n) is 3.63. The van der Waals surface area contributed by atoms with Crippen LogP contribution in [0.5, 0.6) is 0 Å². The molecule has 0 fully saturated rings. The average molecular weight is 176 g/mol. The fourth-order valence-electron chi connectivity index (χ4n) is 1.94. The highest BCUT2D eigenvalue weighted by atomic mass is 16.1. The maximum atomic E-state index is 10.7. The average Bonchev–Trinajstić information content (AvgIpc) is 2.56. The molecule has 0 spiro atoms. The quantitative estimate of drug-likeness (QED) is 0.600. The van der Waals surface area contributed by atoms with Crippen LogP contribution in [0.3, 0.4) is 0 Å². The fraction of sp³-hybridized carbons (Fsp3) is 0.500. The van der Waals surface area contributed by atoms with Crippen LogP contribution in [0.15, 0.2) is 0 Å². The molecule has 0 N–H and O–H groups in total. The van der Waals surface area contributed by atoms with E-state index in [2.05, 4.69) is 10.2 Å². The first-order valence-electron chi connectivity index (χ1n) is 4.49. The van der Waals surface area contributed by atoms with Crippen LogP contribution in [0.2, 0.25) is 0 Å². The highest BCUT2D eigenvalue weighted by Gasteiger charge is 2.25. The topological polar surface area (TPSA) is 42.9 Å². The van der Waals surface area contributed by atoms with Crippen LogP contribution in [0, 0.1) is 19.8 Å². The van der Waals surface area contributed by atoms with Crippen LogP contribution in [0.25, 0.3) is 0 Å². The SMILES string of the molecule is Cc1nnc(C)c2c1CC(C=O)C2. The number of hydrogen-bond donors (Lipinski definition) is 0. The van der Waals surface area contributed by atoms with Crippen LogP contribution < -0.4 is 0 Å². The van der Waals surface area contributed by atoms with Crippen molar-refractivity contribution in [1.82, 2.24) is 10.2 Å². The summed E-state index contributed by atoms with van der Waals surface area (Å²) in [6.45, 7) is 3.91. The van der Waals surface area contributed by atoms with Crippen molar-refractivity contribution < 1.29 is 4.79 Å². The van der Waals surface area contributed by atoms with Crippen molar-refractivity contribution >= 4 is 6.29 Å². The Morgan fingerprint density at radius 3 is 2.00 bits per heavy atom. The Hall–Kier alpha value is -1.25. The Morgan fingerprint density at radius 2 is 1.62 bits per heavy atom. The highest BCUT2D eigenvalue weighted by molar-refractivity contribution is 5.58. The molecular formula is C10H12N2O. The van der Waals surface area contributed by atoms with Gasteiger partial charge in [-0.3, -0.25) is 0 Å². The van der Waals surface area contributed by atoms with Gasteiger partial charge in [-0.25, -0.2) is 0 Å². The Morgan fingerprint density at radius 1 is 1.15 bits per heavy atom. The predicted octanol–water partition coefficient (Wildman–Crippen LogP) is 1.01. The maximum Gasteiger partial charge on any atom is 0.123 e. The van der Waals surface area contributed by atoms with Gasteiger partial charge in [-0.15, -0.1) is 0 Å². The van der Waals surface area contributed by atoms with E-state index < -0.39 is 0 Å². The first-order valence-corrected chi connectivity index (χ1v) is 4.49. The summed E-state index contributed by atoms with van der Waals surface area (Å²) in [7, 11) is 0. The summed E-state index contributed by atoms with van der Waals surface area (Å²) in [5.74, 6) is 0.151. The third-order valence-electron chi connectivity index (χ3n) is 2.71. The molecule has 0 unspecified atom stereocenters. The zero-order chi connectivity index (χ0) is 9.42. The number of rotatable bonds is 1. The minimum absolute atomic E-state index is 0.151. The van der Waals surface area contributed by atoms with E-state index in [1.54, 1.807) is 0 Å². The molecule has 3 heteroatoms. The van der Waals surface area contributed by atoms with E-state index in [1.807, 2.05) is 13.8 Å². The Labute approximate surface area is 77.2 Å². The zero-order valence-corrected chi connectivity index (χ0v) is 7.87. The van der Waals surface area contributed by atoms with E-state index in [9.17, 15) is 4.79 Å². The molecule has 1 heterocycles. The number of hydrogen-bond acceptors (Lipinski definition) is 3. The molecule has 0 saturated heterocycles. The second-order valence-corrected chi connectivity index (χ2v) is 3.63. The lowest BCUT2D eigenvalue weighted by Crippen LogP contribution is -1.99. The predicted molar refractivity (Wildman–Crippen MR) is 48.5 cm³/mol. The van der Waals surface area contributed by atoms with Crippen LogP contribution in [0.1, 0.15) is 22.5 Å². The van der Waals surface area contributed by atoms with Crippen molar-refractivity contribution in [2.45, 2.75) is 26.7 Å². The molecule has 0 aromatic carbocycles. The van der Waals surface area contributed by atoms with Gasteiger partial charge in [0.05, 0.1) is 11.4 Å². The summed E-state index contributed by atoms with van der Waals surface area (Å²) >= 11 is 0. The van der Waals surface area contributed by atoms with E-state index in [0.29, 0.717) is 0 Å². The molecule has 3 nitrogen and oxygen atoms in total. The fourth-order valence-corrected chi connectivity index (χ4v) is 1.94. The molecule has 0 atom stereocenters. The van der Waals surface area contributed by atoms with Crippen molar-refractivity contribution in [2.24, 2.45) is 5.92 Å². The van der Waals surface area contributed by atoms with Crippen molar-refractivity contribution in [3.05, 3.63) is 22.5 Å². The van der Waals surface area contributed by atoms with Crippen molar-refractivity contribution in [3.8, 4) is 0 Å². The molecule has 0 aliphatic heterocycles. The summed E-state index contributed by atoms with van der Waals surface area (Å²) in [5.41, 5.74) is 4.43. The summed E-state index contributed by atoms with van der Waals surface area (Å²) in [4.78, 5) is 10.7. The van der Waals surface area contributed by atoms with Crippen LogP contribution >= 0.6 is 0 Å². The molecule has 0 saturated carbocycles. The first kappa shape index (κ1) is 8.35. The highest BCUT2D eigenvalue weighted by Crippen LogP contribution is 2.28. The minimum atomic E-state index is 0.151. The van der Waals surface area contributed by atoms with Gasteiger partial charge in [0, 0.05) is 5.92 Å². The van der Waals surface area contributed by atoms with E-state index in [0.717, 1.165) is 30.5 Å². The van der Waals surface area contributed by atoms with Crippen molar-refractivity contribution in [2.75, 3.05) is 0 Å². The third kappa shape index (κ3) is 1.24. The maximum absolute atomic E-state index is 10.7. The van der Waals surface area contributed by atoms with Crippen LogP contribution in [-0.2, 0) is 17.6 Å². The first-order chi connectivity index (χ1) is 6.22. The Kier molecular flexibility index (Phi) is 1.87. The van der Waals surface area contributed by atoms with Crippen LogP contribution in [0.4, 0.5) is 0 Å². The molecule has 0 radical (unpaired) electrons. The lowest BCUT2D eigenvalue weighted by Gasteiger charge is -2.03. The van der Waals surface area contributed by atoms with Gasteiger partial charge in [-0.2, -0.15) is 10.2 Å². The van der Waals surface area contributed by atoms with Gasteiger partial charge >= 0.3 is 0 Å². The molecule has 1 aromatic heterocycles. The van der Waals surface area contributed by atoms with Gasteiger partial charge in [0.25, 0.3) is 0 Å². The molecular weight excluding hydrogens is 164 g/mol. The third-order valence-corrected chi connectivity index (χ3v) is 2.71. The van der Waals surface area contributed by atoms with Gasteiger partial charge in [0.2, 0.25) is 0 Å². The molecule has 0 amide bonds. The monoisotopic (exact) mass is 176 g/mol. The number of carbonyl (C=O) groups is 1. The van der Waals surface area contributed by atoms with Gasteiger partial charge in [-0.1, -0.05) is 0 Å². The van der Waals surface area contributed by atoms with E-state index >= 15 is 0 Å². The molecule has 13 heavy (non-hydrogen) atoms. The number of carbonyl (C=O) groups excluding carboxylic acids is 1. The standard InChI is InChI=1S/C10H12N2O/c1-6-9-3-8(5-13)4-10(9)7(2)12-11-6/h5,8H,3-4H2,1-2H3. The van der Waals surface area contributed by atoms with Gasteiger partial charge in [-0.05, 0) is 37.8 Å². The van der Waals surface area contributed by atoms with E-state index in [1.165, 1.54) is 11.1 Å². The van der Waals surface area contributed by atoms with Crippen molar-refractivity contribution in [3.63, 3.8) is 0 Å². The summed E-state index contributed by atoms with van der Waals surface area (Å²) in [6, 6.07) is 0. The number of aromatic nitrogens is 2. The molecule has 2 rings (SSSR count). The Balaban J connectivity index is 2.49. The smallest absolute Gasteiger partial charge is 0.123 e. The normalized spacial score (nSPS) is 15.8. The van der Waals surface area contributed by atoms with Gasteiger partial charge < -0.3 is 4.79 Å². The molecule has 68 valence electrons. The molecule has 1 aliphatic carbocycles. The number of nitrogens with zero attached hydrogens (tertiary/aromatic N) is 2. The number of fused-ring (bicyclic) bond motifs is 1. The molecule has 1 aliphatic rings. The number of aldehydes is 1. The van der Waals surface area contributed by atoms with Gasteiger partial charge in [0.1, 0.15) is 6.29 Å².